The molecule has 1 aromatic carbocycles. The van der Waals surface area contributed by atoms with Crippen LogP contribution in [0.25, 0.3) is 10.9 Å². The van der Waals surface area contributed by atoms with Crippen molar-refractivity contribution in [3.05, 3.63) is 35.5 Å². The molecule has 0 bridgehead atoms. The fraction of sp³-hybridized carbons (Fsp3) is 0. The van der Waals surface area contributed by atoms with Gasteiger partial charge < -0.3 is 5.11 Å². The quantitative estimate of drug-likeness (QED) is 0.675. The number of benzene rings is 1. The maximum Gasteiger partial charge on any atom is 0.153 e. The summed E-state index contributed by atoms with van der Waals surface area (Å²) in [4.78, 5) is 4.01. The van der Waals surface area contributed by atoms with Crippen molar-refractivity contribution < 1.29 is 5.11 Å². The van der Waals surface area contributed by atoms with Gasteiger partial charge in [0.25, 0.3) is 0 Å². The second-order valence-electron chi connectivity index (χ2n) is 2.47. The summed E-state index contributed by atoms with van der Waals surface area (Å²) in [6.45, 7) is 0. The lowest BCUT2D eigenvalue weighted by molar-refractivity contribution is 0.474. The molecular formula is C9H6ClNO. The highest BCUT2D eigenvalue weighted by atomic mass is 35.5. The van der Waals surface area contributed by atoms with Crippen LogP contribution in [0.3, 0.4) is 0 Å². The van der Waals surface area contributed by atoms with Gasteiger partial charge in [0.05, 0.1) is 16.7 Å². The standard InChI is InChI=1S/C9H6ClNO/c10-9-6-3-1-2-4-7(6)11-5-8(9)12/h1-5,12H. The van der Waals surface area contributed by atoms with Gasteiger partial charge in [0.2, 0.25) is 0 Å². The van der Waals surface area contributed by atoms with Crippen molar-refractivity contribution in [3.8, 4) is 5.75 Å². The Labute approximate surface area is 74.4 Å². The van der Waals surface area contributed by atoms with Gasteiger partial charge in [-0.15, -0.1) is 0 Å². The molecule has 0 aliphatic carbocycles. The zero-order valence-corrected chi connectivity index (χ0v) is 6.92. The fourth-order valence-electron chi connectivity index (χ4n) is 1.10. The average molecular weight is 180 g/mol. The van der Waals surface area contributed by atoms with Crippen molar-refractivity contribution in [2.45, 2.75) is 0 Å². The molecule has 0 spiro atoms. The van der Waals surface area contributed by atoms with Crippen molar-refractivity contribution in [1.82, 2.24) is 4.98 Å². The first-order valence-corrected chi connectivity index (χ1v) is 3.89. The molecule has 0 atom stereocenters. The molecule has 0 aliphatic heterocycles. The molecule has 2 rings (SSSR count). The normalized spacial score (nSPS) is 10.4. The molecule has 0 unspecified atom stereocenters. The minimum atomic E-state index is 0.0235. The molecular weight excluding hydrogens is 174 g/mol. The number of hydrogen-bond acceptors (Lipinski definition) is 2. The van der Waals surface area contributed by atoms with Crippen LogP contribution in [-0.4, -0.2) is 10.1 Å². The van der Waals surface area contributed by atoms with Gasteiger partial charge in [-0.2, -0.15) is 0 Å². The number of aromatic nitrogens is 1. The molecule has 1 heterocycles. The number of para-hydroxylation sites is 1. The monoisotopic (exact) mass is 179 g/mol. The number of fused-ring (bicyclic) bond motifs is 1. The minimum Gasteiger partial charge on any atom is -0.505 e. The molecule has 0 fully saturated rings. The summed E-state index contributed by atoms with van der Waals surface area (Å²) in [5, 5.41) is 10.4. The summed E-state index contributed by atoms with van der Waals surface area (Å²) in [6, 6.07) is 7.41. The first kappa shape index (κ1) is 7.37. The number of aromatic hydroxyl groups is 1. The Bertz CT molecular complexity index is 428. The molecule has 2 nitrogen and oxygen atoms in total. The van der Waals surface area contributed by atoms with Crippen LogP contribution >= 0.6 is 11.6 Å². The summed E-state index contributed by atoms with van der Waals surface area (Å²) in [7, 11) is 0. The maximum atomic E-state index is 9.22. The van der Waals surface area contributed by atoms with Gasteiger partial charge in [0.1, 0.15) is 0 Å². The van der Waals surface area contributed by atoms with Crippen molar-refractivity contribution in [2.75, 3.05) is 0 Å². The van der Waals surface area contributed by atoms with Crippen molar-refractivity contribution in [1.29, 1.82) is 0 Å². The van der Waals surface area contributed by atoms with Crippen molar-refractivity contribution in [3.63, 3.8) is 0 Å². The van der Waals surface area contributed by atoms with Crippen LogP contribution in [-0.2, 0) is 0 Å². The van der Waals surface area contributed by atoms with Crippen LogP contribution in [0.15, 0.2) is 30.5 Å². The summed E-state index contributed by atoms with van der Waals surface area (Å²) in [5.74, 6) is 0.0235. The van der Waals surface area contributed by atoms with Gasteiger partial charge >= 0.3 is 0 Å². The van der Waals surface area contributed by atoms with E-state index in [9.17, 15) is 5.11 Å². The lowest BCUT2D eigenvalue weighted by atomic mass is 10.2. The molecule has 0 radical (unpaired) electrons. The van der Waals surface area contributed by atoms with E-state index in [2.05, 4.69) is 4.98 Å². The maximum absolute atomic E-state index is 9.22. The van der Waals surface area contributed by atoms with Crippen molar-refractivity contribution in [2.24, 2.45) is 0 Å². The Hall–Kier alpha value is -1.28. The topological polar surface area (TPSA) is 33.1 Å². The van der Waals surface area contributed by atoms with Crippen LogP contribution in [0, 0.1) is 0 Å². The first-order valence-electron chi connectivity index (χ1n) is 3.51. The molecule has 0 amide bonds. The predicted octanol–water partition coefficient (Wildman–Crippen LogP) is 2.59. The highest BCUT2D eigenvalue weighted by Crippen LogP contribution is 2.29. The third kappa shape index (κ3) is 1.01. The third-order valence-electron chi connectivity index (χ3n) is 1.69. The Morgan fingerprint density at radius 2 is 2.00 bits per heavy atom. The summed E-state index contributed by atoms with van der Waals surface area (Å²) >= 11 is 5.84. The van der Waals surface area contributed by atoms with Gasteiger partial charge in [-0.05, 0) is 6.07 Å². The van der Waals surface area contributed by atoms with Crippen LogP contribution in [0.1, 0.15) is 0 Å². The zero-order chi connectivity index (χ0) is 8.55. The van der Waals surface area contributed by atoms with E-state index in [1.807, 2.05) is 24.3 Å². The van der Waals surface area contributed by atoms with Gasteiger partial charge in [0, 0.05) is 5.39 Å². The summed E-state index contributed by atoms with van der Waals surface area (Å²) in [6.07, 6.45) is 1.35. The van der Waals surface area contributed by atoms with E-state index >= 15 is 0 Å². The minimum absolute atomic E-state index is 0.0235. The molecule has 0 saturated carbocycles. The Morgan fingerprint density at radius 3 is 2.83 bits per heavy atom. The van der Waals surface area contributed by atoms with Gasteiger partial charge in [0.15, 0.2) is 5.75 Å². The van der Waals surface area contributed by atoms with Gasteiger partial charge in [-0.25, -0.2) is 0 Å². The highest BCUT2D eigenvalue weighted by molar-refractivity contribution is 6.36. The van der Waals surface area contributed by atoms with Crippen LogP contribution < -0.4 is 0 Å². The highest BCUT2D eigenvalue weighted by Gasteiger charge is 2.03. The largest absolute Gasteiger partial charge is 0.505 e. The Balaban J connectivity index is 2.91. The fourth-order valence-corrected chi connectivity index (χ4v) is 1.31. The SMILES string of the molecule is Oc1cnc2ccccc2c1Cl. The molecule has 0 aliphatic rings. The average Bonchev–Trinajstić information content (AvgIpc) is 2.12. The third-order valence-corrected chi connectivity index (χ3v) is 2.09. The van der Waals surface area contributed by atoms with E-state index in [-0.39, 0.29) is 5.75 Å². The molecule has 60 valence electrons. The smallest absolute Gasteiger partial charge is 0.153 e. The Morgan fingerprint density at radius 1 is 1.25 bits per heavy atom. The second kappa shape index (κ2) is 2.64. The lowest BCUT2D eigenvalue weighted by Crippen LogP contribution is -1.79. The van der Waals surface area contributed by atoms with E-state index in [0.29, 0.717) is 5.02 Å². The van der Waals surface area contributed by atoms with Gasteiger partial charge in [-0.3, -0.25) is 4.98 Å². The molecule has 12 heavy (non-hydrogen) atoms. The van der Waals surface area contributed by atoms with E-state index in [1.165, 1.54) is 6.20 Å². The van der Waals surface area contributed by atoms with Crippen molar-refractivity contribution >= 4 is 22.5 Å². The first-order chi connectivity index (χ1) is 5.79. The molecule has 3 heteroatoms. The molecule has 2 aromatic rings. The second-order valence-corrected chi connectivity index (χ2v) is 2.85. The van der Waals surface area contributed by atoms with Crippen LogP contribution in [0.4, 0.5) is 0 Å². The number of rotatable bonds is 0. The van der Waals surface area contributed by atoms with E-state index in [4.69, 9.17) is 11.6 Å². The van der Waals surface area contributed by atoms with E-state index < -0.39 is 0 Å². The molecule has 0 saturated heterocycles. The number of hydrogen-bond donors (Lipinski definition) is 1. The van der Waals surface area contributed by atoms with Gasteiger partial charge in [-0.1, -0.05) is 29.8 Å². The van der Waals surface area contributed by atoms with Crippen LogP contribution in [0.5, 0.6) is 5.75 Å². The zero-order valence-electron chi connectivity index (χ0n) is 6.16. The molecule has 1 aromatic heterocycles. The Kier molecular flexibility index (Phi) is 1.62. The predicted molar refractivity (Wildman–Crippen MR) is 48.4 cm³/mol. The number of pyridine rings is 1. The van der Waals surface area contributed by atoms with Crippen LogP contribution in [0.2, 0.25) is 5.02 Å². The molecule has 1 N–H and O–H groups in total. The van der Waals surface area contributed by atoms with E-state index in [0.717, 1.165) is 10.9 Å². The number of nitrogens with zero attached hydrogens (tertiary/aromatic N) is 1. The lowest BCUT2D eigenvalue weighted by Gasteiger charge is -2.00. The summed E-state index contributed by atoms with van der Waals surface area (Å²) < 4.78 is 0. The van der Waals surface area contributed by atoms with E-state index in [1.54, 1.807) is 0 Å². The number of halogens is 1. The summed E-state index contributed by atoms with van der Waals surface area (Å²) in [5.41, 5.74) is 0.792.